The fourth-order valence-corrected chi connectivity index (χ4v) is 3.89. The zero-order valence-corrected chi connectivity index (χ0v) is 18.8. The van der Waals surface area contributed by atoms with Gasteiger partial charge < -0.3 is 19.7 Å². The van der Waals surface area contributed by atoms with E-state index in [1.807, 2.05) is 37.3 Å². The lowest BCUT2D eigenvalue weighted by Gasteiger charge is -2.35. The summed E-state index contributed by atoms with van der Waals surface area (Å²) < 4.78 is 50.1. The monoisotopic (exact) mass is 470 g/mol. The van der Waals surface area contributed by atoms with Crippen molar-refractivity contribution in [1.29, 1.82) is 0 Å². The molecule has 5 nitrogen and oxygen atoms in total. The Bertz CT molecular complexity index is 1150. The van der Waals surface area contributed by atoms with E-state index >= 15 is 0 Å². The Morgan fingerprint density at radius 3 is 2.56 bits per heavy atom. The third-order valence-corrected chi connectivity index (χ3v) is 5.79. The molecule has 1 aliphatic heterocycles. The van der Waals surface area contributed by atoms with Gasteiger partial charge in [0.05, 0.1) is 24.9 Å². The van der Waals surface area contributed by atoms with E-state index in [0.717, 1.165) is 23.4 Å². The highest BCUT2D eigenvalue weighted by Crippen LogP contribution is 2.35. The van der Waals surface area contributed by atoms with E-state index < -0.39 is 11.7 Å². The summed E-state index contributed by atoms with van der Waals surface area (Å²) in [5, 5.41) is 3.43. The number of rotatable bonds is 6. The molecule has 0 saturated carbocycles. The van der Waals surface area contributed by atoms with Crippen LogP contribution >= 0.6 is 0 Å². The molecule has 1 unspecified atom stereocenters. The van der Waals surface area contributed by atoms with Gasteiger partial charge in [0, 0.05) is 18.2 Å². The summed E-state index contributed by atoms with van der Waals surface area (Å²) in [5.74, 6) is 0.937. The van der Waals surface area contributed by atoms with Crippen LogP contribution in [0.5, 0.6) is 11.5 Å². The van der Waals surface area contributed by atoms with Crippen LogP contribution in [0.15, 0.2) is 72.8 Å². The van der Waals surface area contributed by atoms with Gasteiger partial charge in [-0.1, -0.05) is 24.3 Å². The van der Waals surface area contributed by atoms with Crippen molar-refractivity contribution in [3.05, 3.63) is 89.5 Å². The molecule has 34 heavy (non-hydrogen) atoms. The van der Waals surface area contributed by atoms with Gasteiger partial charge in [0.2, 0.25) is 0 Å². The van der Waals surface area contributed by atoms with Crippen LogP contribution in [0.3, 0.4) is 0 Å². The van der Waals surface area contributed by atoms with Gasteiger partial charge in [-0.15, -0.1) is 0 Å². The minimum absolute atomic E-state index is 0.00920. The number of nitrogens with zero attached hydrogens (tertiary/aromatic N) is 1. The van der Waals surface area contributed by atoms with Gasteiger partial charge >= 0.3 is 6.18 Å². The molecule has 3 aromatic carbocycles. The lowest BCUT2D eigenvalue weighted by atomic mass is 10.1. The van der Waals surface area contributed by atoms with E-state index in [-0.39, 0.29) is 30.2 Å². The van der Waals surface area contributed by atoms with Crippen LogP contribution in [0, 0.1) is 0 Å². The van der Waals surface area contributed by atoms with Gasteiger partial charge in [0.15, 0.2) is 0 Å². The average Bonchev–Trinajstić information content (AvgIpc) is 2.86. The largest absolute Gasteiger partial charge is 0.497 e. The fourth-order valence-electron chi connectivity index (χ4n) is 3.89. The van der Waals surface area contributed by atoms with Crippen LogP contribution in [0.25, 0.3) is 0 Å². The number of fused-ring (bicyclic) bond motifs is 1. The summed E-state index contributed by atoms with van der Waals surface area (Å²) in [5.41, 5.74) is 1.03. The first kappa shape index (κ1) is 23.6. The SMILES string of the molecule is COc1cccc([C@@H](C)NCC2CN(C(=O)c3ccc(C(F)(F)F)cc3)c3ccccc3O2)c1. The first-order valence-corrected chi connectivity index (χ1v) is 10.9. The van der Waals surface area contributed by atoms with Crippen LogP contribution < -0.4 is 19.7 Å². The number of amides is 1. The molecule has 1 heterocycles. The maximum Gasteiger partial charge on any atom is 0.416 e. The van der Waals surface area contributed by atoms with E-state index in [1.54, 1.807) is 30.2 Å². The second-order valence-electron chi connectivity index (χ2n) is 8.11. The number of hydrogen-bond acceptors (Lipinski definition) is 4. The molecule has 0 fully saturated rings. The first-order valence-electron chi connectivity index (χ1n) is 10.9. The van der Waals surface area contributed by atoms with Gasteiger partial charge in [0.25, 0.3) is 5.91 Å². The van der Waals surface area contributed by atoms with Crippen LogP contribution in [0.1, 0.15) is 34.5 Å². The van der Waals surface area contributed by atoms with E-state index in [4.69, 9.17) is 9.47 Å². The van der Waals surface area contributed by atoms with Crippen LogP contribution in [0.2, 0.25) is 0 Å². The van der Waals surface area contributed by atoms with Crippen LogP contribution in [-0.2, 0) is 6.18 Å². The molecule has 0 radical (unpaired) electrons. The minimum atomic E-state index is -4.45. The predicted octanol–water partition coefficient (Wildman–Crippen LogP) is 5.47. The van der Waals surface area contributed by atoms with Crippen molar-refractivity contribution < 1.29 is 27.4 Å². The number of ether oxygens (including phenoxy) is 2. The number of alkyl halides is 3. The normalized spacial score (nSPS) is 16.4. The van der Waals surface area contributed by atoms with Gasteiger partial charge in [0.1, 0.15) is 17.6 Å². The van der Waals surface area contributed by atoms with Crippen molar-refractivity contribution in [3.8, 4) is 11.5 Å². The molecule has 0 saturated heterocycles. The Morgan fingerprint density at radius 1 is 1.12 bits per heavy atom. The third-order valence-electron chi connectivity index (χ3n) is 5.79. The molecule has 0 aliphatic carbocycles. The molecule has 178 valence electrons. The van der Waals surface area contributed by atoms with E-state index in [1.165, 1.54) is 12.1 Å². The zero-order valence-electron chi connectivity index (χ0n) is 18.8. The van der Waals surface area contributed by atoms with Gasteiger partial charge in [-0.2, -0.15) is 13.2 Å². The number of anilines is 1. The molecule has 0 spiro atoms. The van der Waals surface area contributed by atoms with Crippen molar-refractivity contribution in [2.45, 2.75) is 25.2 Å². The van der Waals surface area contributed by atoms with Crippen molar-refractivity contribution in [1.82, 2.24) is 5.32 Å². The lowest BCUT2D eigenvalue weighted by Crippen LogP contribution is -2.48. The zero-order chi connectivity index (χ0) is 24.3. The smallest absolute Gasteiger partial charge is 0.416 e. The first-order chi connectivity index (χ1) is 16.3. The number of methoxy groups -OCH3 is 1. The molecular weight excluding hydrogens is 445 g/mol. The Labute approximate surface area is 196 Å². The molecule has 1 aliphatic rings. The molecule has 8 heteroatoms. The summed E-state index contributed by atoms with van der Waals surface area (Å²) in [6.45, 7) is 2.74. The van der Waals surface area contributed by atoms with E-state index in [9.17, 15) is 18.0 Å². The van der Waals surface area contributed by atoms with Crippen molar-refractivity contribution in [3.63, 3.8) is 0 Å². The Hall–Kier alpha value is -3.52. The van der Waals surface area contributed by atoms with Gasteiger partial charge in [-0.25, -0.2) is 0 Å². The number of benzene rings is 3. The molecule has 0 aromatic heterocycles. The fraction of sp³-hybridized carbons (Fsp3) is 0.269. The number of hydrogen-bond donors (Lipinski definition) is 1. The summed E-state index contributed by atoms with van der Waals surface area (Å²) in [4.78, 5) is 14.8. The maximum absolute atomic E-state index is 13.3. The molecule has 1 amide bonds. The predicted molar refractivity (Wildman–Crippen MR) is 123 cm³/mol. The quantitative estimate of drug-likeness (QED) is 0.519. The number of halogens is 3. The Kier molecular flexibility index (Phi) is 6.79. The topological polar surface area (TPSA) is 50.8 Å². The Balaban J connectivity index is 1.50. The molecule has 1 N–H and O–H groups in total. The highest BCUT2D eigenvalue weighted by Gasteiger charge is 2.33. The molecular formula is C26H25F3N2O3. The number of para-hydroxylation sites is 2. The van der Waals surface area contributed by atoms with Crippen molar-refractivity contribution in [2.24, 2.45) is 0 Å². The number of nitrogens with one attached hydrogen (secondary N) is 1. The second kappa shape index (κ2) is 9.77. The van der Waals surface area contributed by atoms with E-state index in [0.29, 0.717) is 18.0 Å². The van der Waals surface area contributed by atoms with Crippen LogP contribution in [-0.4, -0.2) is 32.2 Å². The molecule has 3 aromatic rings. The van der Waals surface area contributed by atoms with Gasteiger partial charge in [-0.3, -0.25) is 4.79 Å². The molecule has 4 rings (SSSR count). The van der Waals surface area contributed by atoms with Gasteiger partial charge in [-0.05, 0) is 61.0 Å². The van der Waals surface area contributed by atoms with Crippen molar-refractivity contribution in [2.75, 3.05) is 25.1 Å². The van der Waals surface area contributed by atoms with Crippen LogP contribution in [0.4, 0.5) is 18.9 Å². The summed E-state index contributed by atoms with van der Waals surface area (Å²) in [6, 6.07) is 19.2. The summed E-state index contributed by atoms with van der Waals surface area (Å²) in [7, 11) is 1.62. The number of carbonyl (C=O) groups is 1. The number of carbonyl (C=O) groups excluding carboxylic acids is 1. The Morgan fingerprint density at radius 2 is 1.85 bits per heavy atom. The third kappa shape index (κ3) is 5.17. The summed E-state index contributed by atoms with van der Waals surface area (Å²) in [6.07, 6.45) is -4.80. The average molecular weight is 470 g/mol. The standard InChI is InChI=1S/C26H25F3N2O3/c1-17(19-6-5-7-21(14-19)33-2)30-15-22-16-31(23-8-3-4-9-24(23)34-22)25(32)18-10-12-20(13-11-18)26(27,28)29/h3-14,17,22,30H,15-16H2,1-2H3/t17-,22?/m1/s1. The second-order valence-corrected chi connectivity index (χ2v) is 8.11. The highest BCUT2D eigenvalue weighted by atomic mass is 19.4. The maximum atomic E-state index is 13.3. The lowest BCUT2D eigenvalue weighted by molar-refractivity contribution is -0.137. The van der Waals surface area contributed by atoms with Crippen molar-refractivity contribution >= 4 is 11.6 Å². The molecule has 2 atom stereocenters. The summed E-state index contributed by atoms with van der Waals surface area (Å²) >= 11 is 0. The molecule has 0 bridgehead atoms. The minimum Gasteiger partial charge on any atom is -0.497 e. The van der Waals surface area contributed by atoms with E-state index in [2.05, 4.69) is 5.32 Å². The highest BCUT2D eigenvalue weighted by molar-refractivity contribution is 6.07.